The van der Waals surface area contributed by atoms with Crippen LogP contribution in [0.4, 0.5) is 0 Å². The van der Waals surface area contributed by atoms with Crippen molar-refractivity contribution >= 4 is 5.78 Å². The highest BCUT2D eigenvalue weighted by Crippen LogP contribution is 2.30. The van der Waals surface area contributed by atoms with Gasteiger partial charge in [-0.1, -0.05) is 18.4 Å². The van der Waals surface area contributed by atoms with E-state index in [2.05, 4.69) is 18.4 Å². The number of hydrogen-bond donors (Lipinski definition) is 0. The number of ether oxygens (including phenoxy) is 3. The van der Waals surface area contributed by atoms with Gasteiger partial charge in [0.1, 0.15) is 6.61 Å². The molecule has 114 valence electrons. The van der Waals surface area contributed by atoms with Crippen LogP contribution in [-0.2, 0) is 19.0 Å². The minimum absolute atomic E-state index is 0.0326. The lowest BCUT2D eigenvalue weighted by Crippen LogP contribution is -2.32. The molecule has 4 nitrogen and oxygen atoms in total. The third-order valence-corrected chi connectivity index (χ3v) is 3.54. The molecule has 0 aromatic rings. The summed E-state index contributed by atoms with van der Waals surface area (Å²) in [5.41, 5.74) is -0.189. The zero-order valence-corrected chi connectivity index (χ0v) is 12.7. The Bertz CT molecular complexity index is 503. The molecule has 2 atom stereocenters. The molecule has 0 spiro atoms. The monoisotopic (exact) mass is 290 g/mol. The molecular formula is C17H22O4. The fourth-order valence-corrected chi connectivity index (χ4v) is 2.49. The van der Waals surface area contributed by atoms with E-state index in [4.69, 9.17) is 14.2 Å². The Balaban J connectivity index is 1.75. The number of allylic oxidation sites excluding steroid dienone is 1. The molecule has 0 aliphatic carbocycles. The molecule has 4 heteroatoms. The molecule has 0 radical (unpaired) electrons. The van der Waals surface area contributed by atoms with Gasteiger partial charge in [0.05, 0.1) is 5.76 Å². The van der Waals surface area contributed by atoms with Crippen molar-refractivity contribution in [2.45, 2.75) is 51.4 Å². The summed E-state index contributed by atoms with van der Waals surface area (Å²) in [7, 11) is 0. The highest BCUT2D eigenvalue weighted by molar-refractivity contribution is 5.99. The summed E-state index contributed by atoms with van der Waals surface area (Å²) in [6, 6.07) is 0. The van der Waals surface area contributed by atoms with E-state index in [1.165, 1.54) is 6.08 Å². The van der Waals surface area contributed by atoms with Crippen molar-refractivity contribution in [2.24, 2.45) is 0 Å². The number of rotatable bonds is 4. The molecule has 0 aromatic heterocycles. The predicted octanol–water partition coefficient (Wildman–Crippen LogP) is 2.74. The Kier molecular flexibility index (Phi) is 5.22. The molecule has 21 heavy (non-hydrogen) atoms. The van der Waals surface area contributed by atoms with Crippen molar-refractivity contribution in [1.29, 1.82) is 0 Å². The summed E-state index contributed by atoms with van der Waals surface area (Å²) in [6.45, 7) is 8.50. The van der Waals surface area contributed by atoms with Crippen LogP contribution >= 0.6 is 0 Å². The normalized spacial score (nSPS) is 28.4. The number of carbonyl (C=O) groups is 1. The lowest BCUT2D eigenvalue weighted by molar-refractivity contribution is -0.154. The van der Waals surface area contributed by atoms with Crippen molar-refractivity contribution in [3.05, 3.63) is 24.0 Å². The van der Waals surface area contributed by atoms with Gasteiger partial charge in [0.15, 0.2) is 11.9 Å². The molecule has 1 fully saturated rings. The zero-order chi connectivity index (χ0) is 15.3. The van der Waals surface area contributed by atoms with Crippen molar-refractivity contribution < 1.29 is 19.0 Å². The second-order valence-corrected chi connectivity index (χ2v) is 5.64. The number of carbonyl (C=O) groups excluding carboxylic acids is 1. The Morgan fingerprint density at radius 3 is 3.00 bits per heavy atom. The van der Waals surface area contributed by atoms with E-state index in [-0.39, 0.29) is 12.1 Å². The quantitative estimate of drug-likeness (QED) is 0.747. The van der Waals surface area contributed by atoms with Gasteiger partial charge in [0.25, 0.3) is 0 Å². The minimum Gasteiger partial charge on any atom is -0.484 e. The first kappa shape index (κ1) is 15.8. The molecule has 0 bridgehead atoms. The average molecular weight is 290 g/mol. The summed E-state index contributed by atoms with van der Waals surface area (Å²) in [5.74, 6) is 6.45. The van der Waals surface area contributed by atoms with E-state index in [0.29, 0.717) is 24.4 Å². The van der Waals surface area contributed by atoms with Gasteiger partial charge in [-0.15, -0.1) is 0 Å². The minimum atomic E-state index is -0.858. The van der Waals surface area contributed by atoms with Crippen LogP contribution in [0.1, 0.15) is 39.5 Å². The highest BCUT2D eigenvalue weighted by Gasteiger charge is 2.38. The van der Waals surface area contributed by atoms with Crippen LogP contribution in [0, 0.1) is 11.8 Å². The fraction of sp³-hybridized carbons (Fsp3) is 0.588. The molecule has 2 aliphatic rings. The second-order valence-electron chi connectivity index (χ2n) is 5.64. The molecule has 0 N–H and O–H groups in total. The maximum Gasteiger partial charge on any atom is 0.202 e. The van der Waals surface area contributed by atoms with E-state index < -0.39 is 5.60 Å². The molecule has 0 saturated carbocycles. The summed E-state index contributed by atoms with van der Waals surface area (Å²) >= 11 is 0. The molecular weight excluding hydrogens is 268 g/mol. The summed E-state index contributed by atoms with van der Waals surface area (Å²) in [5, 5.41) is 0. The van der Waals surface area contributed by atoms with Crippen molar-refractivity contribution in [3.8, 4) is 11.8 Å². The van der Waals surface area contributed by atoms with E-state index >= 15 is 0 Å². The SMILES string of the molecule is C=C(C#CCOC1CCCCO1)CC1(C)OC(C)=CC1=O. The lowest BCUT2D eigenvalue weighted by atomic mass is 9.94. The lowest BCUT2D eigenvalue weighted by Gasteiger charge is -2.22. The van der Waals surface area contributed by atoms with E-state index in [0.717, 1.165) is 25.9 Å². The maximum atomic E-state index is 11.8. The van der Waals surface area contributed by atoms with Crippen LogP contribution in [0.15, 0.2) is 24.0 Å². The molecule has 1 saturated heterocycles. The Morgan fingerprint density at radius 1 is 1.57 bits per heavy atom. The maximum absolute atomic E-state index is 11.8. The predicted molar refractivity (Wildman–Crippen MR) is 79.3 cm³/mol. The standard InChI is InChI=1S/C17H22O4/c1-13(12-17(3)15(18)11-14(2)21-17)7-6-10-20-16-8-4-5-9-19-16/h11,16H,1,4-5,8-10,12H2,2-3H3. The average Bonchev–Trinajstić information content (AvgIpc) is 2.68. The molecule has 2 unspecified atom stereocenters. The second kappa shape index (κ2) is 6.93. The van der Waals surface area contributed by atoms with E-state index in [9.17, 15) is 4.79 Å². The van der Waals surface area contributed by atoms with E-state index in [1.54, 1.807) is 13.8 Å². The molecule has 2 rings (SSSR count). The first-order chi connectivity index (χ1) is 9.99. The molecule has 0 aromatic carbocycles. The van der Waals surface area contributed by atoms with Crippen molar-refractivity contribution in [3.63, 3.8) is 0 Å². The largest absolute Gasteiger partial charge is 0.484 e. The van der Waals surface area contributed by atoms with Gasteiger partial charge in [-0.2, -0.15) is 0 Å². The van der Waals surface area contributed by atoms with Gasteiger partial charge in [-0.05, 0) is 38.7 Å². The van der Waals surface area contributed by atoms with Gasteiger partial charge < -0.3 is 14.2 Å². The van der Waals surface area contributed by atoms with Crippen LogP contribution in [0.3, 0.4) is 0 Å². The Morgan fingerprint density at radius 2 is 2.38 bits per heavy atom. The fourth-order valence-electron chi connectivity index (χ4n) is 2.49. The van der Waals surface area contributed by atoms with Crippen LogP contribution in [-0.4, -0.2) is 30.9 Å². The van der Waals surface area contributed by atoms with Gasteiger partial charge in [-0.3, -0.25) is 4.79 Å². The smallest absolute Gasteiger partial charge is 0.202 e. The third kappa shape index (κ3) is 4.45. The van der Waals surface area contributed by atoms with Crippen LogP contribution in [0.2, 0.25) is 0 Å². The summed E-state index contributed by atoms with van der Waals surface area (Å²) < 4.78 is 16.5. The van der Waals surface area contributed by atoms with Crippen LogP contribution in [0.5, 0.6) is 0 Å². The molecule has 2 aliphatic heterocycles. The van der Waals surface area contributed by atoms with Gasteiger partial charge in [-0.25, -0.2) is 0 Å². The van der Waals surface area contributed by atoms with Crippen molar-refractivity contribution in [1.82, 2.24) is 0 Å². The van der Waals surface area contributed by atoms with E-state index in [1.807, 2.05) is 0 Å². The molecule has 2 heterocycles. The zero-order valence-electron chi connectivity index (χ0n) is 12.7. The summed E-state index contributed by atoms with van der Waals surface area (Å²) in [4.78, 5) is 11.8. The van der Waals surface area contributed by atoms with Crippen LogP contribution < -0.4 is 0 Å². The Hall–Kier alpha value is -1.57. The summed E-state index contributed by atoms with van der Waals surface area (Å²) in [6.07, 6.45) is 4.94. The van der Waals surface area contributed by atoms with Gasteiger partial charge in [0.2, 0.25) is 5.78 Å². The first-order valence-electron chi connectivity index (χ1n) is 7.31. The Labute approximate surface area is 126 Å². The highest BCUT2D eigenvalue weighted by atomic mass is 16.7. The van der Waals surface area contributed by atoms with Gasteiger partial charge >= 0.3 is 0 Å². The number of hydrogen-bond acceptors (Lipinski definition) is 4. The third-order valence-electron chi connectivity index (χ3n) is 3.54. The molecule has 0 amide bonds. The topological polar surface area (TPSA) is 44.8 Å². The van der Waals surface area contributed by atoms with Crippen molar-refractivity contribution in [2.75, 3.05) is 13.2 Å². The van der Waals surface area contributed by atoms with Gasteiger partial charge in [0, 0.05) is 19.1 Å². The first-order valence-corrected chi connectivity index (χ1v) is 7.31. The number of ketones is 1. The van der Waals surface area contributed by atoms with Crippen LogP contribution in [0.25, 0.3) is 0 Å².